The summed E-state index contributed by atoms with van der Waals surface area (Å²) in [5.74, 6) is 0. The fourth-order valence-corrected chi connectivity index (χ4v) is 2.06. The standard InChI is InChI=1S/C13H16N2O/c1-10-7-13(4-3-12(10)8-14)15-5-6-16-9-11(15)2/h3-4,7,11H,5-6,9H2,1-2H3. The van der Waals surface area contributed by atoms with E-state index in [1.165, 1.54) is 5.69 Å². The van der Waals surface area contributed by atoms with Crippen molar-refractivity contribution in [2.75, 3.05) is 24.7 Å². The highest BCUT2D eigenvalue weighted by Crippen LogP contribution is 2.22. The van der Waals surface area contributed by atoms with Crippen molar-refractivity contribution in [3.63, 3.8) is 0 Å². The number of nitriles is 1. The normalized spacial score (nSPS) is 20.6. The molecule has 0 radical (unpaired) electrons. The first-order valence-electron chi connectivity index (χ1n) is 5.57. The second kappa shape index (κ2) is 4.54. The lowest BCUT2D eigenvalue weighted by molar-refractivity contribution is 0.0989. The highest BCUT2D eigenvalue weighted by atomic mass is 16.5. The Labute approximate surface area is 96.2 Å². The summed E-state index contributed by atoms with van der Waals surface area (Å²) in [6.45, 7) is 6.62. The van der Waals surface area contributed by atoms with Crippen LogP contribution in [0.15, 0.2) is 18.2 Å². The minimum absolute atomic E-state index is 0.404. The van der Waals surface area contributed by atoms with E-state index in [4.69, 9.17) is 10.00 Å². The van der Waals surface area contributed by atoms with E-state index in [1.54, 1.807) is 0 Å². The van der Waals surface area contributed by atoms with E-state index in [-0.39, 0.29) is 0 Å². The van der Waals surface area contributed by atoms with Gasteiger partial charge in [-0.05, 0) is 37.6 Å². The quantitative estimate of drug-likeness (QED) is 0.721. The predicted octanol–water partition coefficient (Wildman–Crippen LogP) is 2.09. The molecule has 1 atom stereocenters. The van der Waals surface area contributed by atoms with Crippen LogP contribution in [0.1, 0.15) is 18.1 Å². The zero-order chi connectivity index (χ0) is 11.5. The molecule has 1 aromatic rings. The number of morpholine rings is 1. The van der Waals surface area contributed by atoms with Gasteiger partial charge < -0.3 is 9.64 Å². The summed E-state index contributed by atoms with van der Waals surface area (Å²) in [7, 11) is 0. The molecule has 1 aliphatic heterocycles. The molecular weight excluding hydrogens is 200 g/mol. The van der Waals surface area contributed by atoms with Gasteiger partial charge in [-0.15, -0.1) is 0 Å². The SMILES string of the molecule is Cc1cc(N2CCOCC2C)ccc1C#N. The molecule has 3 nitrogen and oxygen atoms in total. The topological polar surface area (TPSA) is 36.3 Å². The molecule has 1 fully saturated rings. The van der Waals surface area contributed by atoms with Crippen molar-refractivity contribution >= 4 is 5.69 Å². The fraction of sp³-hybridized carbons (Fsp3) is 0.462. The van der Waals surface area contributed by atoms with Crippen LogP contribution in [0.5, 0.6) is 0 Å². The molecule has 0 spiro atoms. The maximum Gasteiger partial charge on any atom is 0.0994 e. The minimum Gasteiger partial charge on any atom is -0.377 e. The molecule has 2 rings (SSSR count). The van der Waals surface area contributed by atoms with Crippen molar-refractivity contribution in [1.82, 2.24) is 0 Å². The highest BCUT2D eigenvalue weighted by molar-refractivity contribution is 5.54. The molecule has 0 saturated carbocycles. The van der Waals surface area contributed by atoms with Crippen LogP contribution >= 0.6 is 0 Å². The molecule has 0 N–H and O–H groups in total. The molecule has 0 aromatic heterocycles. The summed E-state index contributed by atoms with van der Waals surface area (Å²) in [5, 5.41) is 8.89. The van der Waals surface area contributed by atoms with Crippen molar-refractivity contribution in [3.05, 3.63) is 29.3 Å². The van der Waals surface area contributed by atoms with Gasteiger partial charge in [0.15, 0.2) is 0 Å². The number of anilines is 1. The van der Waals surface area contributed by atoms with E-state index in [0.29, 0.717) is 6.04 Å². The second-order valence-electron chi connectivity index (χ2n) is 4.23. The van der Waals surface area contributed by atoms with E-state index >= 15 is 0 Å². The Morgan fingerprint density at radius 2 is 2.31 bits per heavy atom. The Balaban J connectivity index is 2.27. The Morgan fingerprint density at radius 3 is 2.94 bits per heavy atom. The van der Waals surface area contributed by atoms with Crippen LogP contribution in [-0.4, -0.2) is 25.8 Å². The van der Waals surface area contributed by atoms with Crippen LogP contribution in [0.3, 0.4) is 0 Å². The molecule has 1 aromatic carbocycles. The van der Waals surface area contributed by atoms with Crippen molar-refractivity contribution in [2.24, 2.45) is 0 Å². The number of hydrogen-bond acceptors (Lipinski definition) is 3. The smallest absolute Gasteiger partial charge is 0.0994 e. The molecule has 16 heavy (non-hydrogen) atoms. The van der Waals surface area contributed by atoms with Crippen molar-refractivity contribution in [2.45, 2.75) is 19.9 Å². The van der Waals surface area contributed by atoms with Gasteiger partial charge in [-0.25, -0.2) is 0 Å². The minimum atomic E-state index is 0.404. The third kappa shape index (κ3) is 2.02. The lowest BCUT2D eigenvalue weighted by Gasteiger charge is -2.35. The molecule has 3 heteroatoms. The summed E-state index contributed by atoms with van der Waals surface area (Å²) in [4.78, 5) is 2.33. The van der Waals surface area contributed by atoms with Gasteiger partial charge in [-0.2, -0.15) is 5.26 Å². The Bertz CT molecular complexity index is 422. The van der Waals surface area contributed by atoms with Crippen LogP contribution in [0.25, 0.3) is 0 Å². The van der Waals surface area contributed by atoms with Crippen molar-refractivity contribution in [1.29, 1.82) is 5.26 Å². The van der Waals surface area contributed by atoms with Gasteiger partial charge in [0, 0.05) is 18.3 Å². The Hall–Kier alpha value is -1.53. The average Bonchev–Trinajstić information content (AvgIpc) is 2.29. The third-order valence-corrected chi connectivity index (χ3v) is 3.03. The number of hydrogen-bond donors (Lipinski definition) is 0. The first-order valence-corrected chi connectivity index (χ1v) is 5.57. The summed E-state index contributed by atoms with van der Waals surface area (Å²) < 4.78 is 5.41. The van der Waals surface area contributed by atoms with Gasteiger partial charge >= 0.3 is 0 Å². The summed E-state index contributed by atoms with van der Waals surface area (Å²) >= 11 is 0. The number of ether oxygens (including phenoxy) is 1. The third-order valence-electron chi connectivity index (χ3n) is 3.03. The number of nitrogens with zero attached hydrogens (tertiary/aromatic N) is 2. The lowest BCUT2D eigenvalue weighted by Crippen LogP contribution is -2.43. The van der Waals surface area contributed by atoms with Gasteiger partial charge in [-0.3, -0.25) is 0 Å². The van der Waals surface area contributed by atoms with E-state index in [0.717, 1.165) is 30.9 Å². The zero-order valence-electron chi connectivity index (χ0n) is 9.73. The van der Waals surface area contributed by atoms with Gasteiger partial charge in [-0.1, -0.05) is 0 Å². The molecule has 0 amide bonds. The van der Waals surface area contributed by atoms with Crippen LogP contribution < -0.4 is 4.90 Å². The van der Waals surface area contributed by atoms with Crippen molar-refractivity contribution < 1.29 is 4.74 Å². The van der Waals surface area contributed by atoms with Crippen LogP contribution in [0, 0.1) is 18.3 Å². The molecule has 0 aliphatic carbocycles. The summed E-state index contributed by atoms with van der Waals surface area (Å²) in [6.07, 6.45) is 0. The van der Waals surface area contributed by atoms with Gasteiger partial charge in [0.2, 0.25) is 0 Å². The van der Waals surface area contributed by atoms with E-state index < -0.39 is 0 Å². The number of aryl methyl sites for hydroxylation is 1. The molecule has 1 saturated heterocycles. The lowest BCUT2D eigenvalue weighted by atomic mass is 10.1. The predicted molar refractivity (Wildman–Crippen MR) is 63.5 cm³/mol. The largest absolute Gasteiger partial charge is 0.377 e. The average molecular weight is 216 g/mol. The fourth-order valence-electron chi connectivity index (χ4n) is 2.06. The zero-order valence-corrected chi connectivity index (χ0v) is 9.73. The maximum atomic E-state index is 8.89. The summed E-state index contributed by atoms with van der Waals surface area (Å²) in [5.41, 5.74) is 2.98. The van der Waals surface area contributed by atoms with Gasteiger partial charge in [0.1, 0.15) is 0 Å². The van der Waals surface area contributed by atoms with E-state index in [9.17, 15) is 0 Å². The molecule has 84 valence electrons. The highest BCUT2D eigenvalue weighted by Gasteiger charge is 2.19. The molecule has 0 bridgehead atoms. The molecule has 1 unspecified atom stereocenters. The van der Waals surface area contributed by atoms with Crippen LogP contribution in [-0.2, 0) is 4.74 Å². The number of benzene rings is 1. The van der Waals surface area contributed by atoms with Gasteiger partial charge in [0.25, 0.3) is 0 Å². The maximum absolute atomic E-state index is 8.89. The summed E-state index contributed by atoms with van der Waals surface area (Å²) in [6, 6.07) is 8.60. The first kappa shape index (κ1) is 11.0. The van der Waals surface area contributed by atoms with E-state index in [1.807, 2.05) is 19.1 Å². The monoisotopic (exact) mass is 216 g/mol. The number of rotatable bonds is 1. The van der Waals surface area contributed by atoms with Crippen molar-refractivity contribution in [3.8, 4) is 6.07 Å². The van der Waals surface area contributed by atoms with Crippen LogP contribution in [0.2, 0.25) is 0 Å². The Kier molecular flexibility index (Phi) is 3.12. The molecule has 1 aliphatic rings. The van der Waals surface area contributed by atoms with E-state index in [2.05, 4.69) is 24.0 Å². The first-order chi connectivity index (χ1) is 7.72. The molecule has 1 heterocycles. The Morgan fingerprint density at radius 1 is 1.50 bits per heavy atom. The second-order valence-corrected chi connectivity index (χ2v) is 4.23. The van der Waals surface area contributed by atoms with Crippen LogP contribution in [0.4, 0.5) is 5.69 Å². The van der Waals surface area contributed by atoms with Gasteiger partial charge in [0.05, 0.1) is 24.8 Å². The molecular formula is C13H16N2O.